The summed E-state index contributed by atoms with van der Waals surface area (Å²) in [5.41, 5.74) is -1.62. The van der Waals surface area contributed by atoms with Crippen molar-refractivity contribution in [3.8, 4) is 0 Å². The Labute approximate surface area is 74.7 Å². The number of hydrogen-bond donors (Lipinski definition) is 1. The van der Waals surface area contributed by atoms with E-state index in [4.69, 9.17) is 5.11 Å². The maximum absolute atomic E-state index is 10.4. The van der Waals surface area contributed by atoms with Crippen LogP contribution in [0.5, 0.6) is 0 Å². The van der Waals surface area contributed by atoms with Crippen molar-refractivity contribution < 1.29 is 15.0 Å². The predicted octanol–water partition coefficient (Wildman–Crippen LogP) is 0.0694. The molecule has 2 unspecified atom stereocenters. The standard InChI is InChI=1S/C6H12N2O5/c1-5(7(10)11)3-6(2,4-9)8(12)13/h5,9H,3-4H2,1-2H3. The van der Waals surface area contributed by atoms with Crippen LogP contribution in [0.3, 0.4) is 0 Å². The van der Waals surface area contributed by atoms with Gasteiger partial charge in [0, 0.05) is 23.7 Å². The highest BCUT2D eigenvalue weighted by atomic mass is 16.6. The predicted molar refractivity (Wildman–Crippen MR) is 43.6 cm³/mol. The van der Waals surface area contributed by atoms with Gasteiger partial charge in [-0.1, -0.05) is 0 Å². The van der Waals surface area contributed by atoms with E-state index in [1.165, 1.54) is 13.8 Å². The van der Waals surface area contributed by atoms with Crippen molar-refractivity contribution >= 4 is 0 Å². The van der Waals surface area contributed by atoms with Gasteiger partial charge in [-0.2, -0.15) is 0 Å². The molecule has 0 amide bonds. The first-order valence-corrected chi connectivity index (χ1v) is 3.72. The summed E-state index contributed by atoms with van der Waals surface area (Å²) in [4.78, 5) is 19.4. The van der Waals surface area contributed by atoms with E-state index in [9.17, 15) is 20.2 Å². The highest BCUT2D eigenvalue weighted by Gasteiger charge is 2.41. The fourth-order valence-electron chi connectivity index (χ4n) is 0.908. The molecule has 0 spiro atoms. The second-order valence-electron chi connectivity index (χ2n) is 3.25. The molecule has 0 aromatic rings. The van der Waals surface area contributed by atoms with Gasteiger partial charge in [-0.3, -0.25) is 20.2 Å². The van der Waals surface area contributed by atoms with Crippen LogP contribution in [0.1, 0.15) is 20.3 Å². The summed E-state index contributed by atoms with van der Waals surface area (Å²) in [6.45, 7) is 1.77. The fourth-order valence-corrected chi connectivity index (χ4v) is 0.908. The fraction of sp³-hybridized carbons (Fsp3) is 1.00. The molecule has 0 radical (unpaired) electrons. The van der Waals surface area contributed by atoms with Gasteiger partial charge in [0.1, 0.15) is 6.61 Å². The Hall–Kier alpha value is -1.24. The van der Waals surface area contributed by atoms with Crippen LogP contribution in [-0.4, -0.2) is 33.1 Å². The van der Waals surface area contributed by atoms with E-state index in [0.717, 1.165) is 0 Å². The second-order valence-corrected chi connectivity index (χ2v) is 3.25. The molecule has 0 heterocycles. The van der Waals surface area contributed by atoms with Crippen molar-refractivity contribution in [1.29, 1.82) is 0 Å². The molecular formula is C6H12N2O5. The Bertz CT molecular complexity index is 219. The second kappa shape index (κ2) is 4.13. The zero-order valence-electron chi connectivity index (χ0n) is 7.47. The van der Waals surface area contributed by atoms with Gasteiger partial charge < -0.3 is 5.11 Å². The molecule has 0 saturated heterocycles. The Balaban J connectivity index is 4.45. The van der Waals surface area contributed by atoms with E-state index < -0.39 is 28.0 Å². The highest BCUT2D eigenvalue weighted by molar-refractivity contribution is 4.75. The molecular weight excluding hydrogens is 180 g/mol. The Kier molecular flexibility index (Phi) is 3.73. The van der Waals surface area contributed by atoms with Crippen molar-refractivity contribution in [1.82, 2.24) is 0 Å². The minimum Gasteiger partial charge on any atom is -0.389 e. The van der Waals surface area contributed by atoms with Crippen molar-refractivity contribution in [3.05, 3.63) is 20.2 Å². The van der Waals surface area contributed by atoms with E-state index in [1.54, 1.807) is 0 Å². The molecule has 0 aromatic heterocycles. The van der Waals surface area contributed by atoms with Crippen LogP contribution < -0.4 is 0 Å². The van der Waals surface area contributed by atoms with Crippen LogP contribution in [0, 0.1) is 20.2 Å². The van der Waals surface area contributed by atoms with Crippen molar-refractivity contribution in [3.63, 3.8) is 0 Å². The summed E-state index contributed by atoms with van der Waals surface area (Å²) in [7, 11) is 0. The number of nitro groups is 2. The van der Waals surface area contributed by atoms with E-state index in [-0.39, 0.29) is 6.42 Å². The number of aliphatic hydroxyl groups excluding tert-OH is 1. The molecule has 7 heteroatoms. The smallest absolute Gasteiger partial charge is 0.248 e. The monoisotopic (exact) mass is 192 g/mol. The number of aliphatic hydroxyl groups is 1. The normalized spacial score (nSPS) is 17.5. The summed E-state index contributed by atoms with van der Waals surface area (Å²) in [6.07, 6.45) is -0.274. The van der Waals surface area contributed by atoms with E-state index >= 15 is 0 Å². The summed E-state index contributed by atoms with van der Waals surface area (Å²) < 4.78 is 0. The molecule has 0 aliphatic heterocycles. The van der Waals surface area contributed by atoms with Gasteiger partial charge in [-0.25, -0.2) is 0 Å². The molecule has 0 saturated carbocycles. The summed E-state index contributed by atoms with van der Waals surface area (Å²) in [5, 5.41) is 29.4. The van der Waals surface area contributed by atoms with Gasteiger partial charge >= 0.3 is 0 Å². The molecule has 76 valence electrons. The number of nitrogens with zero attached hydrogens (tertiary/aromatic N) is 2. The van der Waals surface area contributed by atoms with E-state index in [1.807, 2.05) is 0 Å². The maximum Gasteiger partial charge on any atom is 0.248 e. The lowest BCUT2D eigenvalue weighted by Gasteiger charge is -2.18. The number of rotatable bonds is 5. The van der Waals surface area contributed by atoms with Crippen LogP contribution in [-0.2, 0) is 0 Å². The third-order valence-corrected chi connectivity index (χ3v) is 1.88. The molecule has 0 bridgehead atoms. The van der Waals surface area contributed by atoms with Gasteiger partial charge in [-0.15, -0.1) is 0 Å². The van der Waals surface area contributed by atoms with Crippen LogP contribution in [0.4, 0.5) is 0 Å². The molecule has 0 aromatic carbocycles. The zero-order chi connectivity index (χ0) is 10.6. The van der Waals surface area contributed by atoms with Gasteiger partial charge in [0.25, 0.3) is 0 Å². The lowest BCUT2D eigenvalue weighted by molar-refractivity contribution is -0.591. The van der Waals surface area contributed by atoms with Crippen molar-refractivity contribution in [2.75, 3.05) is 6.61 Å². The van der Waals surface area contributed by atoms with Gasteiger partial charge in [-0.05, 0) is 0 Å². The first-order chi connectivity index (χ1) is 5.83. The third-order valence-electron chi connectivity index (χ3n) is 1.88. The van der Waals surface area contributed by atoms with Gasteiger partial charge in [0.05, 0.1) is 6.42 Å². The average molecular weight is 192 g/mol. The van der Waals surface area contributed by atoms with Gasteiger partial charge in [0.2, 0.25) is 11.6 Å². The highest BCUT2D eigenvalue weighted by Crippen LogP contribution is 2.17. The lowest BCUT2D eigenvalue weighted by atomic mass is 9.96. The molecule has 7 nitrogen and oxygen atoms in total. The topological polar surface area (TPSA) is 107 Å². The molecule has 0 fully saturated rings. The molecule has 13 heavy (non-hydrogen) atoms. The van der Waals surface area contributed by atoms with E-state index in [0.29, 0.717) is 0 Å². The molecule has 0 aliphatic rings. The average Bonchev–Trinajstić information content (AvgIpc) is 2.03. The van der Waals surface area contributed by atoms with E-state index in [2.05, 4.69) is 0 Å². The maximum atomic E-state index is 10.4. The first kappa shape index (κ1) is 11.8. The Morgan fingerprint density at radius 1 is 1.46 bits per heavy atom. The molecule has 0 rings (SSSR count). The first-order valence-electron chi connectivity index (χ1n) is 3.72. The SMILES string of the molecule is CC(CC(C)(CO)[N+](=O)[O-])[N+](=O)[O-]. The third kappa shape index (κ3) is 2.94. The molecule has 1 N–H and O–H groups in total. The minimum absolute atomic E-state index is 0.274. The molecule has 2 atom stereocenters. The van der Waals surface area contributed by atoms with Gasteiger partial charge in [0.15, 0.2) is 0 Å². The largest absolute Gasteiger partial charge is 0.389 e. The number of hydrogen-bond acceptors (Lipinski definition) is 5. The zero-order valence-corrected chi connectivity index (χ0v) is 7.47. The van der Waals surface area contributed by atoms with Crippen LogP contribution >= 0.6 is 0 Å². The van der Waals surface area contributed by atoms with Crippen LogP contribution in [0.25, 0.3) is 0 Å². The summed E-state index contributed by atoms with van der Waals surface area (Å²) >= 11 is 0. The quantitative estimate of drug-likeness (QED) is 0.490. The van der Waals surface area contributed by atoms with Crippen molar-refractivity contribution in [2.45, 2.75) is 31.8 Å². The van der Waals surface area contributed by atoms with Crippen LogP contribution in [0.2, 0.25) is 0 Å². The Morgan fingerprint density at radius 2 is 1.92 bits per heavy atom. The summed E-state index contributed by atoms with van der Waals surface area (Å²) in [6, 6.07) is -1.03. The lowest BCUT2D eigenvalue weighted by Crippen LogP contribution is -2.43. The Morgan fingerprint density at radius 3 is 2.15 bits per heavy atom. The summed E-state index contributed by atoms with van der Waals surface area (Å²) in [5.74, 6) is 0. The minimum atomic E-state index is -1.62. The van der Waals surface area contributed by atoms with Crippen molar-refractivity contribution in [2.24, 2.45) is 0 Å². The van der Waals surface area contributed by atoms with Crippen LogP contribution in [0.15, 0.2) is 0 Å². The molecule has 0 aliphatic carbocycles.